The van der Waals surface area contributed by atoms with Gasteiger partial charge in [0.15, 0.2) is 0 Å². The maximum atomic E-state index is 11.2. The summed E-state index contributed by atoms with van der Waals surface area (Å²) in [5.74, 6) is 0.648. The second kappa shape index (κ2) is 7.10. The number of anilines is 2. The molecule has 0 fully saturated rings. The highest BCUT2D eigenvalue weighted by Gasteiger charge is 2.08. The van der Waals surface area contributed by atoms with Gasteiger partial charge < -0.3 is 11.1 Å². The van der Waals surface area contributed by atoms with Crippen molar-refractivity contribution < 1.29 is 8.42 Å². The van der Waals surface area contributed by atoms with Crippen molar-refractivity contribution in [3.05, 3.63) is 36.5 Å². The molecule has 2 heterocycles. The molecule has 0 aliphatic carbocycles. The maximum Gasteiger partial charge on any atom is 0.147 e. The maximum absolute atomic E-state index is 11.2. The summed E-state index contributed by atoms with van der Waals surface area (Å²) in [6.45, 7) is 0.677. The summed E-state index contributed by atoms with van der Waals surface area (Å²) in [6.07, 6.45) is 4.36. The zero-order valence-corrected chi connectivity index (χ0v) is 14.8. The molecule has 0 bridgehead atoms. The molecule has 0 unspecified atom stereocenters. The van der Waals surface area contributed by atoms with Crippen LogP contribution in [0.5, 0.6) is 0 Å². The van der Waals surface area contributed by atoms with Crippen molar-refractivity contribution in [1.29, 1.82) is 0 Å². The van der Waals surface area contributed by atoms with Crippen LogP contribution in [0.1, 0.15) is 12.8 Å². The minimum atomic E-state index is -2.90. The Labute approximate surface area is 146 Å². The van der Waals surface area contributed by atoms with Crippen molar-refractivity contribution in [1.82, 2.24) is 15.2 Å². The topological polar surface area (TPSA) is 114 Å². The van der Waals surface area contributed by atoms with Gasteiger partial charge in [-0.05, 0) is 25.0 Å². The van der Waals surface area contributed by atoms with Gasteiger partial charge in [-0.25, -0.2) is 13.4 Å². The van der Waals surface area contributed by atoms with E-state index in [2.05, 4.69) is 20.5 Å². The first-order valence-electron chi connectivity index (χ1n) is 8.04. The Kier molecular flexibility index (Phi) is 4.89. The van der Waals surface area contributed by atoms with Gasteiger partial charge in [0.2, 0.25) is 0 Å². The number of aromatic amines is 1. The molecule has 3 aromatic rings. The predicted molar refractivity (Wildman–Crippen MR) is 101 cm³/mol. The Balaban J connectivity index is 1.76. The van der Waals surface area contributed by atoms with Gasteiger partial charge in [0, 0.05) is 47.5 Å². The largest absolute Gasteiger partial charge is 0.384 e. The van der Waals surface area contributed by atoms with E-state index in [1.165, 1.54) is 6.26 Å². The number of H-pyrrole nitrogens is 1. The number of hydrogen-bond donors (Lipinski definition) is 3. The van der Waals surface area contributed by atoms with Gasteiger partial charge >= 0.3 is 0 Å². The molecular weight excluding hydrogens is 338 g/mol. The summed E-state index contributed by atoms with van der Waals surface area (Å²) < 4.78 is 22.3. The van der Waals surface area contributed by atoms with Crippen LogP contribution in [0.2, 0.25) is 0 Å². The van der Waals surface area contributed by atoms with E-state index in [0.29, 0.717) is 18.8 Å². The van der Waals surface area contributed by atoms with E-state index in [0.717, 1.165) is 34.3 Å². The van der Waals surface area contributed by atoms with Crippen LogP contribution < -0.4 is 11.1 Å². The zero-order chi connectivity index (χ0) is 17.9. The Morgan fingerprint density at radius 1 is 1.20 bits per heavy atom. The first-order valence-corrected chi connectivity index (χ1v) is 10.1. The van der Waals surface area contributed by atoms with Crippen molar-refractivity contribution >= 4 is 32.2 Å². The number of nitrogens with one attached hydrogen (secondary N) is 2. The van der Waals surface area contributed by atoms with Crippen LogP contribution in [-0.2, 0) is 9.84 Å². The van der Waals surface area contributed by atoms with Crippen molar-refractivity contribution in [3.63, 3.8) is 0 Å². The van der Waals surface area contributed by atoms with E-state index in [1.54, 1.807) is 12.3 Å². The molecule has 1 aromatic carbocycles. The van der Waals surface area contributed by atoms with Gasteiger partial charge in [0.05, 0.1) is 11.2 Å². The van der Waals surface area contributed by atoms with Gasteiger partial charge in [-0.15, -0.1) is 0 Å². The predicted octanol–water partition coefficient (Wildman–Crippen LogP) is 2.44. The van der Waals surface area contributed by atoms with E-state index in [4.69, 9.17) is 5.73 Å². The number of benzene rings is 1. The number of nitrogens with zero attached hydrogens (tertiary/aromatic N) is 2. The quantitative estimate of drug-likeness (QED) is 0.558. The summed E-state index contributed by atoms with van der Waals surface area (Å²) in [5, 5.41) is 11.2. The smallest absolute Gasteiger partial charge is 0.147 e. The number of nitrogen functional groups attached to an aromatic ring is 1. The number of unbranched alkanes of at least 4 members (excludes halogenated alkanes) is 1. The fourth-order valence-corrected chi connectivity index (χ4v) is 3.42. The van der Waals surface area contributed by atoms with E-state index in [9.17, 15) is 8.42 Å². The van der Waals surface area contributed by atoms with Crippen LogP contribution in [-0.4, -0.2) is 42.2 Å². The molecule has 7 nitrogen and oxygen atoms in total. The monoisotopic (exact) mass is 359 g/mol. The third kappa shape index (κ3) is 4.48. The highest BCUT2D eigenvalue weighted by atomic mass is 32.2. The van der Waals surface area contributed by atoms with Gasteiger partial charge in [-0.3, -0.25) is 5.10 Å². The third-order valence-electron chi connectivity index (χ3n) is 3.90. The lowest BCUT2D eigenvalue weighted by atomic mass is 10.1. The Morgan fingerprint density at radius 3 is 2.76 bits per heavy atom. The first kappa shape index (κ1) is 17.2. The number of aromatic nitrogens is 3. The normalized spacial score (nSPS) is 11.7. The molecule has 0 saturated heterocycles. The highest BCUT2D eigenvalue weighted by Crippen LogP contribution is 2.28. The molecule has 0 amide bonds. The highest BCUT2D eigenvalue weighted by molar-refractivity contribution is 7.90. The van der Waals surface area contributed by atoms with Crippen LogP contribution in [0.4, 0.5) is 11.5 Å². The van der Waals surface area contributed by atoms with Gasteiger partial charge in [-0.2, -0.15) is 5.10 Å². The number of nitrogens with two attached hydrogens (primary N) is 1. The molecule has 0 aliphatic rings. The third-order valence-corrected chi connectivity index (χ3v) is 4.93. The van der Waals surface area contributed by atoms with Crippen LogP contribution in [0.15, 0.2) is 36.5 Å². The fraction of sp³-hybridized carbons (Fsp3) is 0.294. The van der Waals surface area contributed by atoms with E-state index in [1.807, 2.05) is 24.3 Å². The molecule has 0 atom stereocenters. The van der Waals surface area contributed by atoms with Crippen LogP contribution in [0.25, 0.3) is 22.2 Å². The number of fused-ring (bicyclic) bond motifs is 1. The molecule has 132 valence electrons. The lowest BCUT2D eigenvalue weighted by Crippen LogP contribution is -2.07. The molecule has 3 rings (SSSR count). The SMILES string of the molecule is CS(=O)(=O)CCCCNc1cc(N)nc2cc(-c3ccn[nH]3)ccc12. The molecule has 8 heteroatoms. The van der Waals surface area contributed by atoms with Crippen molar-refractivity contribution in [2.24, 2.45) is 0 Å². The number of rotatable bonds is 7. The van der Waals surface area contributed by atoms with Crippen LogP contribution in [0.3, 0.4) is 0 Å². The molecule has 0 aliphatic heterocycles. The lowest BCUT2D eigenvalue weighted by molar-refractivity contribution is 0.598. The molecule has 4 N–H and O–H groups in total. The van der Waals surface area contributed by atoms with E-state index in [-0.39, 0.29) is 5.75 Å². The average Bonchev–Trinajstić information content (AvgIpc) is 3.07. The Morgan fingerprint density at radius 2 is 2.04 bits per heavy atom. The standard InChI is InChI=1S/C17H21N5O2S/c1-25(23,24)9-3-2-7-19-15-11-17(18)21-16-10-12(4-5-13(15)16)14-6-8-20-22-14/h4-6,8,10-11H,2-3,7,9H2,1H3,(H,20,22)(H3,18,19,21). The molecule has 0 saturated carbocycles. The number of pyridine rings is 1. The molecule has 2 aromatic heterocycles. The summed E-state index contributed by atoms with van der Waals surface area (Å²) in [4.78, 5) is 4.41. The van der Waals surface area contributed by atoms with E-state index < -0.39 is 9.84 Å². The molecule has 0 radical (unpaired) electrons. The Bertz CT molecular complexity index is 968. The van der Waals surface area contributed by atoms with Crippen molar-refractivity contribution in [2.45, 2.75) is 12.8 Å². The van der Waals surface area contributed by atoms with Crippen LogP contribution >= 0.6 is 0 Å². The zero-order valence-electron chi connectivity index (χ0n) is 14.0. The summed E-state index contributed by atoms with van der Waals surface area (Å²) in [5.41, 5.74) is 9.53. The second-order valence-electron chi connectivity index (χ2n) is 6.06. The van der Waals surface area contributed by atoms with Crippen LogP contribution in [0, 0.1) is 0 Å². The summed E-state index contributed by atoms with van der Waals surface area (Å²) in [6, 6.07) is 9.66. The summed E-state index contributed by atoms with van der Waals surface area (Å²) in [7, 11) is -2.90. The fourth-order valence-electron chi connectivity index (χ4n) is 2.69. The van der Waals surface area contributed by atoms with Gasteiger partial charge in [0.25, 0.3) is 0 Å². The minimum absolute atomic E-state index is 0.210. The number of hydrogen-bond acceptors (Lipinski definition) is 6. The summed E-state index contributed by atoms with van der Waals surface area (Å²) >= 11 is 0. The molecule has 0 spiro atoms. The lowest BCUT2D eigenvalue weighted by Gasteiger charge is -2.11. The first-order chi connectivity index (χ1) is 11.9. The molecule has 25 heavy (non-hydrogen) atoms. The average molecular weight is 359 g/mol. The second-order valence-corrected chi connectivity index (χ2v) is 8.32. The van der Waals surface area contributed by atoms with Gasteiger partial charge in [0.1, 0.15) is 15.7 Å². The van der Waals surface area contributed by atoms with E-state index >= 15 is 0 Å². The number of sulfone groups is 1. The van der Waals surface area contributed by atoms with Gasteiger partial charge in [-0.1, -0.05) is 12.1 Å². The van der Waals surface area contributed by atoms with Crippen molar-refractivity contribution in [2.75, 3.05) is 29.6 Å². The molecular formula is C17H21N5O2S. The van der Waals surface area contributed by atoms with Crippen molar-refractivity contribution in [3.8, 4) is 11.3 Å². The minimum Gasteiger partial charge on any atom is -0.384 e. The Hall–Kier alpha value is -2.61.